The Bertz CT molecular complexity index is 974. The summed E-state index contributed by atoms with van der Waals surface area (Å²) in [5.74, 6) is -1.43. The van der Waals surface area contributed by atoms with Gasteiger partial charge in [-0.25, -0.2) is 4.79 Å². The van der Waals surface area contributed by atoms with Crippen LogP contribution >= 0.6 is 0 Å². The molecule has 0 saturated carbocycles. The molecule has 1 aliphatic carbocycles. The minimum Gasteiger partial charge on any atom is -0.481 e. The van der Waals surface area contributed by atoms with Gasteiger partial charge >= 0.3 is 12.1 Å². The number of carboxylic acids is 1. The van der Waals surface area contributed by atoms with E-state index in [0.29, 0.717) is 0 Å². The third kappa shape index (κ3) is 6.55. The number of alkyl carbamates (subject to hydrolysis) is 1. The average molecular weight is 455 g/mol. The number of fused-ring (bicyclic) bond motifs is 3. The van der Waals surface area contributed by atoms with E-state index in [1.807, 2.05) is 36.4 Å². The number of aliphatic hydroxyl groups excluding tert-OH is 1. The van der Waals surface area contributed by atoms with Gasteiger partial charge in [-0.15, -0.1) is 0 Å². The quantitative estimate of drug-likeness (QED) is 0.437. The van der Waals surface area contributed by atoms with E-state index in [1.54, 1.807) is 13.8 Å². The van der Waals surface area contributed by atoms with Gasteiger partial charge in [0.2, 0.25) is 5.91 Å². The zero-order valence-electron chi connectivity index (χ0n) is 18.8. The molecule has 33 heavy (non-hydrogen) atoms. The summed E-state index contributed by atoms with van der Waals surface area (Å²) in [6, 6.07) is 16.1. The first-order chi connectivity index (χ1) is 15.7. The minimum absolute atomic E-state index is 0.0631. The number of ether oxygens (including phenoxy) is 1. The molecule has 0 bridgehead atoms. The van der Waals surface area contributed by atoms with Crippen molar-refractivity contribution >= 4 is 18.0 Å². The zero-order chi connectivity index (χ0) is 24.0. The van der Waals surface area contributed by atoms with Crippen molar-refractivity contribution in [3.8, 4) is 11.1 Å². The van der Waals surface area contributed by atoms with Crippen LogP contribution in [-0.4, -0.2) is 53.0 Å². The third-order valence-corrected chi connectivity index (χ3v) is 5.69. The van der Waals surface area contributed by atoms with Gasteiger partial charge in [-0.3, -0.25) is 9.59 Å². The van der Waals surface area contributed by atoms with Gasteiger partial charge in [0.05, 0.1) is 12.5 Å². The van der Waals surface area contributed by atoms with Crippen LogP contribution in [-0.2, 0) is 14.3 Å². The summed E-state index contributed by atoms with van der Waals surface area (Å²) >= 11 is 0. The maximum absolute atomic E-state index is 12.2. The number of carbonyl (C=O) groups is 3. The molecule has 0 aromatic heterocycles. The maximum Gasteiger partial charge on any atom is 0.407 e. The number of nitrogens with one attached hydrogen (secondary N) is 2. The lowest BCUT2D eigenvalue weighted by atomic mass is 9.98. The van der Waals surface area contributed by atoms with E-state index < -0.39 is 29.6 Å². The third-order valence-electron chi connectivity index (χ3n) is 5.69. The predicted molar refractivity (Wildman–Crippen MR) is 123 cm³/mol. The van der Waals surface area contributed by atoms with Crippen molar-refractivity contribution < 1.29 is 29.3 Å². The van der Waals surface area contributed by atoms with Crippen LogP contribution in [0.25, 0.3) is 11.1 Å². The fourth-order valence-electron chi connectivity index (χ4n) is 4.05. The first-order valence-electron chi connectivity index (χ1n) is 11.0. The second-order valence-electron chi connectivity index (χ2n) is 8.89. The first kappa shape index (κ1) is 24.3. The van der Waals surface area contributed by atoms with Gasteiger partial charge in [0, 0.05) is 24.4 Å². The summed E-state index contributed by atoms with van der Waals surface area (Å²) in [5, 5.41) is 24.1. The van der Waals surface area contributed by atoms with Crippen molar-refractivity contribution in [3.05, 3.63) is 59.7 Å². The van der Waals surface area contributed by atoms with Gasteiger partial charge in [0.15, 0.2) is 0 Å². The van der Waals surface area contributed by atoms with Gasteiger partial charge < -0.3 is 25.6 Å². The van der Waals surface area contributed by atoms with Crippen molar-refractivity contribution in [2.45, 2.75) is 50.7 Å². The molecule has 4 N–H and O–H groups in total. The van der Waals surface area contributed by atoms with Gasteiger partial charge in [-0.1, -0.05) is 48.5 Å². The van der Waals surface area contributed by atoms with Crippen molar-refractivity contribution in [1.29, 1.82) is 0 Å². The number of aliphatic hydroxyl groups is 1. The predicted octanol–water partition coefficient (Wildman–Crippen LogP) is 3.04. The van der Waals surface area contributed by atoms with E-state index >= 15 is 0 Å². The van der Waals surface area contributed by atoms with Crippen molar-refractivity contribution in [2.24, 2.45) is 0 Å². The summed E-state index contributed by atoms with van der Waals surface area (Å²) in [4.78, 5) is 35.0. The summed E-state index contributed by atoms with van der Waals surface area (Å²) < 4.78 is 5.41. The largest absolute Gasteiger partial charge is 0.481 e. The molecule has 1 atom stereocenters. The number of carboxylic acid groups (broad SMARTS) is 1. The van der Waals surface area contributed by atoms with Crippen LogP contribution in [0.2, 0.25) is 0 Å². The number of amides is 2. The van der Waals surface area contributed by atoms with E-state index in [9.17, 15) is 19.5 Å². The number of hydrogen-bond donors (Lipinski definition) is 4. The summed E-state index contributed by atoms with van der Waals surface area (Å²) in [6.07, 6.45) is -1.79. The highest BCUT2D eigenvalue weighted by Crippen LogP contribution is 2.44. The number of aliphatic carboxylic acids is 1. The zero-order valence-corrected chi connectivity index (χ0v) is 18.8. The maximum atomic E-state index is 12.2. The Balaban J connectivity index is 1.44. The average Bonchev–Trinajstić information content (AvgIpc) is 3.08. The minimum atomic E-state index is -1.10. The lowest BCUT2D eigenvalue weighted by Gasteiger charge is -2.26. The first-order valence-corrected chi connectivity index (χ1v) is 11.0. The molecule has 3 rings (SSSR count). The molecule has 0 aliphatic heterocycles. The Morgan fingerprint density at radius 2 is 1.61 bits per heavy atom. The molecular formula is C25H30N2O6. The van der Waals surface area contributed by atoms with Crippen LogP contribution < -0.4 is 10.6 Å². The molecule has 8 nitrogen and oxygen atoms in total. The Morgan fingerprint density at radius 3 is 2.18 bits per heavy atom. The van der Waals surface area contributed by atoms with Crippen molar-refractivity contribution in [1.82, 2.24) is 10.6 Å². The van der Waals surface area contributed by atoms with E-state index in [-0.39, 0.29) is 38.3 Å². The monoisotopic (exact) mass is 454 g/mol. The standard InChI is InChI=1S/C25H30N2O6/c1-25(2,12-11-23(30)31)27-22(29)13-16(28)14-26-24(32)33-15-21-19-9-5-3-7-17(19)18-8-4-6-10-20(18)21/h3-10,16,21,28H,11-15H2,1-2H3,(H,26,32)(H,27,29)(H,30,31). The Morgan fingerprint density at radius 1 is 1.03 bits per heavy atom. The van der Waals surface area contributed by atoms with Crippen molar-refractivity contribution in [2.75, 3.05) is 13.2 Å². The van der Waals surface area contributed by atoms with Crippen LogP contribution in [0.4, 0.5) is 4.79 Å². The van der Waals surface area contributed by atoms with Gasteiger partial charge in [0.1, 0.15) is 6.61 Å². The molecular weight excluding hydrogens is 424 g/mol. The molecule has 8 heteroatoms. The van der Waals surface area contributed by atoms with Crippen LogP contribution in [0, 0.1) is 0 Å². The summed E-state index contributed by atoms with van der Waals surface area (Å²) in [7, 11) is 0. The SMILES string of the molecule is CC(C)(CCC(=O)O)NC(=O)CC(O)CNC(=O)OCC1c2ccccc2-c2ccccc21. The summed E-state index contributed by atoms with van der Waals surface area (Å²) in [5.41, 5.74) is 3.77. The lowest BCUT2D eigenvalue weighted by molar-refractivity contribution is -0.138. The smallest absolute Gasteiger partial charge is 0.407 e. The molecule has 2 aromatic carbocycles. The normalized spacial score (nSPS) is 13.5. The van der Waals surface area contributed by atoms with Gasteiger partial charge in [0.25, 0.3) is 0 Å². The van der Waals surface area contributed by atoms with E-state index in [4.69, 9.17) is 9.84 Å². The van der Waals surface area contributed by atoms with Crippen molar-refractivity contribution in [3.63, 3.8) is 0 Å². The Labute approximate surface area is 193 Å². The second kappa shape index (κ2) is 10.5. The molecule has 0 saturated heterocycles. The number of rotatable bonds is 10. The molecule has 1 unspecified atom stereocenters. The number of hydrogen-bond acceptors (Lipinski definition) is 5. The molecule has 0 fully saturated rings. The molecule has 0 heterocycles. The van der Waals surface area contributed by atoms with Crippen LogP contribution in [0.3, 0.4) is 0 Å². The highest BCUT2D eigenvalue weighted by atomic mass is 16.5. The van der Waals surface area contributed by atoms with E-state index in [1.165, 1.54) is 0 Å². The van der Waals surface area contributed by atoms with E-state index in [0.717, 1.165) is 22.3 Å². The Kier molecular flexibility index (Phi) is 7.71. The topological polar surface area (TPSA) is 125 Å². The second-order valence-corrected chi connectivity index (χ2v) is 8.89. The van der Waals surface area contributed by atoms with Gasteiger partial charge in [-0.05, 0) is 42.5 Å². The molecule has 0 spiro atoms. The summed E-state index contributed by atoms with van der Waals surface area (Å²) in [6.45, 7) is 3.46. The number of benzene rings is 2. The molecule has 2 aromatic rings. The highest BCUT2D eigenvalue weighted by molar-refractivity contribution is 5.79. The highest BCUT2D eigenvalue weighted by Gasteiger charge is 2.29. The van der Waals surface area contributed by atoms with Crippen LogP contribution in [0.5, 0.6) is 0 Å². The molecule has 2 amide bonds. The van der Waals surface area contributed by atoms with Crippen LogP contribution in [0.15, 0.2) is 48.5 Å². The van der Waals surface area contributed by atoms with E-state index in [2.05, 4.69) is 22.8 Å². The van der Waals surface area contributed by atoms with Crippen LogP contribution in [0.1, 0.15) is 50.2 Å². The van der Waals surface area contributed by atoms with Gasteiger partial charge in [-0.2, -0.15) is 0 Å². The molecule has 0 radical (unpaired) electrons. The fraction of sp³-hybridized carbons (Fsp3) is 0.400. The Hall–Kier alpha value is -3.39. The molecule has 1 aliphatic rings. The number of carbonyl (C=O) groups excluding carboxylic acids is 2. The lowest BCUT2D eigenvalue weighted by Crippen LogP contribution is -2.45. The fourth-order valence-corrected chi connectivity index (χ4v) is 4.05. The molecule has 176 valence electrons.